The average Bonchev–Trinajstić information content (AvgIpc) is 2.62. The van der Waals surface area contributed by atoms with E-state index in [2.05, 4.69) is 10.6 Å². The molecule has 2 aromatic rings. The molecule has 7 nitrogen and oxygen atoms in total. The number of carbonyl (C=O) groups excluding carboxylic acids is 3. The SMILES string of the molecule is CCNC(=O)c1cccc(NC(=O)COC(=O)c2cccc(C)c2O)c1. The van der Waals surface area contributed by atoms with Gasteiger partial charge >= 0.3 is 5.97 Å². The van der Waals surface area contributed by atoms with Crippen LogP contribution < -0.4 is 10.6 Å². The molecule has 0 atom stereocenters. The van der Waals surface area contributed by atoms with E-state index in [1.54, 1.807) is 37.3 Å². The number of hydrogen-bond donors (Lipinski definition) is 3. The lowest BCUT2D eigenvalue weighted by atomic mass is 10.1. The van der Waals surface area contributed by atoms with Crippen LogP contribution in [0.25, 0.3) is 0 Å². The van der Waals surface area contributed by atoms with Gasteiger partial charge in [-0.2, -0.15) is 0 Å². The van der Waals surface area contributed by atoms with Crippen LogP contribution in [-0.2, 0) is 9.53 Å². The molecule has 2 rings (SSSR count). The largest absolute Gasteiger partial charge is 0.507 e. The number of ether oxygens (including phenoxy) is 1. The Balaban J connectivity index is 1.95. The van der Waals surface area contributed by atoms with Crippen LogP contribution >= 0.6 is 0 Å². The van der Waals surface area contributed by atoms with E-state index in [0.717, 1.165) is 0 Å². The number of hydrogen-bond acceptors (Lipinski definition) is 5. The zero-order valence-corrected chi connectivity index (χ0v) is 14.5. The molecule has 0 aromatic heterocycles. The second kappa shape index (κ2) is 8.66. The van der Waals surface area contributed by atoms with Crippen LogP contribution in [0.2, 0.25) is 0 Å². The second-order valence-electron chi connectivity index (χ2n) is 5.54. The third-order valence-corrected chi connectivity index (χ3v) is 3.54. The molecule has 136 valence electrons. The van der Waals surface area contributed by atoms with Gasteiger partial charge < -0.3 is 20.5 Å². The van der Waals surface area contributed by atoms with Gasteiger partial charge in [-0.3, -0.25) is 9.59 Å². The van der Waals surface area contributed by atoms with Gasteiger partial charge in [0, 0.05) is 17.8 Å². The van der Waals surface area contributed by atoms with Gasteiger partial charge in [-0.25, -0.2) is 4.79 Å². The van der Waals surface area contributed by atoms with Crippen LogP contribution in [0.4, 0.5) is 5.69 Å². The summed E-state index contributed by atoms with van der Waals surface area (Å²) in [5.74, 6) is -1.77. The predicted molar refractivity (Wildman–Crippen MR) is 96.2 cm³/mol. The number of benzene rings is 2. The van der Waals surface area contributed by atoms with Gasteiger partial charge in [-0.1, -0.05) is 18.2 Å². The summed E-state index contributed by atoms with van der Waals surface area (Å²) < 4.78 is 4.92. The number of carbonyl (C=O) groups is 3. The standard InChI is InChI=1S/C19H20N2O5/c1-3-20-18(24)13-7-5-8-14(10-13)21-16(22)11-26-19(25)15-9-4-6-12(2)17(15)23/h4-10,23H,3,11H2,1-2H3,(H,20,24)(H,21,22). The Hall–Kier alpha value is -3.35. The Bertz CT molecular complexity index is 832. The van der Waals surface area contributed by atoms with Gasteiger partial charge in [0.2, 0.25) is 0 Å². The number of esters is 1. The molecule has 26 heavy (non-hydrogen) atoms. The highest BCUT2D eigenvalue weighted by Gasteiger charge is 2.15. The molecule has 0 aliphatic rings. The van der Waals surface area contributed by atoms with Gasteiger partial charge in [-0.05, 0) is 43.7 Å². The Labute approximate surface area is 151 Å². The van der Waals surface area contributed by atoms with Crippen LogP contribution in [0.15, 0.2) is 42.5 Å². The molecule has 7 heteroatoms. The van der Waals surface area contributed by atoms with E-state index in [1.807, 2.05) is 6.92 Å². The Morgan fingerprint density at radius 1 is 1.12 bits per heavy atom. The van der Waals surface area contributed by atoms with Crippen molar-refractivity contribution in [1.29, 1.82) is 0 Å². The van der Waals surface area contributed by atoms with E-state index in [1.165, 1.54) is 12.1 Å². The number of amides is 2. The number of aryl methyl sites for hydroxylation is 1. The summed E-state index contributed by atoms with van der Waals surface area (Å²) in [5, 5.41) is 15.1. The summed E-state index contributed by atoms with van der Waals surface area (Å²) in [6, 6.07) is 11.1. The minimum atomic E-state index is -0.794. The Morgan fingerprint density at radius 3 is 2.58 bits per heavy atom. The van der Waals surface area contributed by atoms with Crippen molar-refractivity contribution < 1.29 is 24.2 Å². The summed E-state index contributed by atoms with van der Waals surface area (Å²) in [4.78, 5) is 35.7. The number of aromatic hydroxyl groups is 1. The van der Waals surface area contributed by atoms with Crippen molar-refractivity contribution >= 4 is 23.5 Å². The fourth-order valence-corrected chi connectivity index (χ4v) is 2.23. The maximum absolute atomic E-state index is 12.0. The van der Waals surface area contributed by atoms with E-state index in [0.29, 0.717) is 23.4 Å². The van der Waals surface area contributed by atoms with E-state index < -0.39 is 18.5 Å². The molecule has 0 unspecified atom stereocenters. The topological polar surface area (TPSA) is 105 Å². The summed E-state index contributed by atoms with van der Waals surface area (Å²) >= 11 is 0. The smallest absolute Gasteiger partial charge is 0.342 e. The number of phenols is 1. The highest BCUT2D eigenvalue weighted by atomic mass is 16.5. The monoisotopic (exact) mass is 356 g/mol. The van der Waals surface area contributed by atoms with Crippen LogP contribution in [0, 0.1) is 6.92 Å². The third kappa shape index (κ3) is 4.83. The molecule has 0 spiro atoms. The van der Waals surface area contributed by atoms with Crippen LogP contribution in [0.3, 0.4) is 0 Å². The van der Waals surface area contributed by atoms with E-state index in [4.69, 9.17) is 4.74 Å². The lowest BCUT2D eigenvalue weighted by Crippen LogP contribution is -2.23. The van der Waals surface area contributed by atoms with E-state index >= 15 is 0 Å². The molecule has 0 aliphatic heterocycles. The molecule has 0 bridgehead atoms. The first-order valence-corrected chi connectivity index (χ1v) is 8.06. The maximum Gasteiger partial charge on any atom is 0.342 e. The number of para-hydroxylation sites is 1. The van der Waals surface area contributed by atoms with Crippen LogP contribution in [0.1, 0.15) is 33.2 Å². The molecule has 3 N–H and O–H groups in total. The van der Waals surface area contributed by atoms with Crippen LogP contribution in [-0.4, -0.2) is 36.0 Å². The first-order chi connectivity index (χ1) is 12.4. The van der Waals surface area contributed by atoms with Crippen molar-refractivity contribution in [3.05, 3.63) is 59.2 Å². The van der Waals surface area contributed by atoms with Gasteiger partial charge in [0.05, 0.1) is 0 Å². The minimum Gasteiger partial charge on any atom is -0.507 e. The van der Waals surface area contributed by atoms with Crippen molar-refractivity contribution in [2.45, 2.75) is 13.8 Å². The zero-order valence-electron chi connectivity index (χ0n) is 14.5. The van der Waals surface area contributed by atoms with Crippen LogP contribution in [0.5, 0.6) is 5.75 Å². The van der Waals surface area contributed by atoms with E-state index in [-0.39, 0.29) is 17.2 Å². The number of phenolic OH excluding ortho intramolecular Hbond substituents is 1. The molecule has 0 radical (unpaired) electrons. The Kier molecular flexibility index (Phi) is 6.32. The molecule has 2 amide bonds. The first-order valence-electron chi connectivity index (χ1n) is 8.06. The highest BCUT2D eigenvalue weighted by molar-refractivity contribution is 5.99. The summed E-state index contributed by atoms with van der Waals surface area (Å²) in [7, 11) is 0. The fraction of sp³-hybridized carbons (Fsp3) is 0.211. The average molecular weight is 356 g/mol. The molecule has 0 heterocycles. The molecule has 2 aromatic carbocycles. The molecular formula is C19H20N2O5. The van der Waals surface area contributed by atoms with Crippen molar-refractivity contribution in [2.24, 2.45) is 0 Å². The first kappa shape index (κ1) is 19.0. The lowest BCUT2D eigenvalue weighted by molar-refractivity contribution is -0.119. The highest BCUT2D eigenvalue weighted by Crippen LogP contribution is 2.22. The van der Waals surface area contributed by atoms with Crippen molar-refractivity contribution in [3.63, 3.8) is 0 Å². The number of anilines is 1. The van der Waals surface area contributed by atoms with Crippen molar-refractivity contribution in [2.75, 3.05) is 18.5 Å². The summed E-state index contributed by atoms with van der Waals surface area (Å²) in [6.07, 6.45) is 0. The quantitative estimate of drug-likeness (QED) is 0.689. The molecular weight excluding hydrogens is 336 g/mol. The summed E-state index contributed by atoms with van der Waals surface area (Å²) in [6.45, 7) is 3.44. The van der Waals surface area contributed by atoms with Crippen molar-refractivity contribution in [1.82, 2.24) is 5.32 Å². The van der Waals surface area contributed by atoms with E-state index in [9.17, 15) is 19.5 Å². The number of rotatable bonds is 6. The molecule has 0 aliphatic carbocycles. The molecule has 0 saturated carbocycles. The van der Waals surface area contributed by atoms with Gasteiger partial charge in [0.15, 0.2) is 6.61 Å². The Morgan fingerprint density at radius 2 is 1.85 bits per heavy atom. The van der Waals surface area contributed by atoms with Crippen molar-refractivity contribution in [3.8, 4) is 5.75 Å². The van der Waals surface area contributed by atoms with Gasteiger partial charge in [0.25, 0.3) is 11.8 Å². The fourth-order valence-electron chi connectivity index (χ4n) is 2.23. The second-order valence-corrected chi connectivity index (χ2v) is 5.54. The maximum atomic E-state index is 12.0. The van der Waals surface area contributed by atoms with Gasteiger partial charge in [0.1, 0.15) is 11.3 Å². The minimum absolute atomic E-state index is 0.00367. The summed E-state index contributed by atoms with van der Waals surface area (Å²) in [5.41, 5.74) is 1.35. The zero-order chi connectivity index (χ0) is 19.1. The third-order valence-electron chi connectivity index (χ3n) is 3.54. The number of nitrogens with one attached hydrogen (secondary N) is 2. The van der Waals surface area contributed by atoms with Gasteiger partial charge in [-0.15, -0.1) is 0 Å². The molecule has 0 fully saturated rings. The normalized spacial score (nSPS) is 10.1. The lowest BCUT2D eigenvalue weighted by Gasteiger charge is -2.09. The predicted octanol–water partition coefficient (Wildman–Crippen LogP) is 2.25. The molecule has 0 saturated heterocycles.